The van der Waals surface area contributed by atoms with Crippen LogP contribution in [0.1, 0.15) is 24.1 Å². The van der Waals surface area contributed by atoms with Crippen LogP contribution in [-0.4, -0.2) is 18.8 Å². The van der Waals surface area contributed by atoms with E-state index in [-0.39, 0.29) is 5.75 Å². The van der Waals surface area contributed by atoms with Crippen LogP contribution in [0.15, 0.2) is 12.1 Å². The predicted molar refractivity (Wildman–Crippen MR) is 53.6 cm³/mol. The fraction of sp³-hybridized carbons (Fsp3) is 0.455. The van der Waals surface area contributed by atoms with Gasteiger partial charge >= 0.3 is 0 Å². The van der Waals surface area contributed by atoms with Gasteiger partial charge in [-0.15, -0.1) is 0 Å². The summed E-state index contributed by atoms with van der Waals surface area (Å²) < 4.78 is 5.10. The van der Waals surface area contributed by atoms with E-state index in [9.17, 15) is 5.11 Å². The number of quaternary nitrogens is 1. The fourth-order valence-electron chi connectivity index (χ4n) is 2.05. The summed E-state index contributed by atoms with van der Waals surface area (Å²) in [7, 11) is 1.58. The lowest BCUT2D eigenvalue weighted by Gasteiger charge is -2.21. The highest BCUT2D eigenvalue weighted by Crippen LogP contribution is 2.32. The zero-order valence-corrected chi connectivity index (χ0v) is 8.58. The van der Waals surface area contributed by atoms with Gasteiger partial charge < -0.3 is 15.2 Å². The van der Waals surface area contributed by atoms with Gasteiger partial charge in [-0.2, -0.15) is 0 Å². The summed E-state index contributed by atoms with van der Waals surface area (Å²) in [5.41, 5.74) is 2.53. The van der Waals surface area contributed by atoms with Crippen LogP contribution < -0.4 is 10.1 Å². The number of phenols is 1. The van der Waals surface area contributed by atoms with Crippen molar-refractivity contribution in [3.05, 3.63) is 23.3 Å². The highest BCUT2D eigenvalue weighted by molar-refractivity contribution is 5.47. The van der Waals surface area contributed by atoms with Crippen LogP contribution in [0.25, 0.3) is 0 Å². The van der Waals surface area contributed by atoms with Crippen LogP contribution in [0, 0.1) is 0 Å². The van der Waals surface area contributed by atoms with Crippen molar-refractivity contribution in [3.63, 3.8) is 0 Å². The number of nitrogens with two attached hydrogens (primary N) is 1. The van der Waals surface area contributed by atoms with E-state index < -0.39 is 0 Å². The summed E-state index contributed by atoms with van der Waals surface area (Å²) in [5.74, 6) is 0.825. The Balaban J connectivity index is 2.49. The van der Waals surface area contributed by atoms with Crippen molar-refractivity contribution in [2.45, 2.75) is 19.4 Å². The molecule has 0 radical (unpaired) electrons. The number of phenolic OH excluding ortho intramolecular Hbond substituents is 1. The van der Waals surface area contributed by atoms with Gasteiger partial charge in [0.2, 0.25) is 0 Å². The number of hydrogen-bond donors (Lipinski definition) is 2. The molecule has 0 aromatic heterocycles. The molecule has 0 amide bonds. The molecule has 0 saturated heterocycles. The number of methoxy groups -OCH3 is 1. The van der Waals surface area contributed by atoms with Crippen molar-refractivity contribution in [1.29, 1.82) is 0 Å². The highest BCUT2D eigenvalue weighted by Gasteiger charge is 2.21. The van der Waals surface area contributed by atoms with Gasteiger partial charge in [0.15, 0.2) is 11.5 Å². The molecule has 0 spiro atoms. The molecular formula is C11H16NO2+. The first-order valence-electron chi connectivity index (χ1n) is 4.95. The van der Waals surface area contributed by atoms with Gasteiger partial charge in [-0.3, -0.25) is 0 Å². The van der Waals surface area contributed by atoms with Crippen LogP contribution in [0.3, 0.4) is 0 Å². The first kappa shape index (κ1) is 9.34. The van der Waals surface area contributed by atoms with E-state index >= 15 is 0 Å². The van der Waals surface area contributed by atoms with Crippen LogP contribution >= 0.6 is 0 Å². The molecule has 14 heavy (non-hydrogen) atoms. The van der Waals surface area contributed by atoms with Gasteiger partial charge in [-0.05, 0) is 24.6 Å². The maximum Gasteiger partial charge on any atom is 0.161 e. The van der Waals surface area contributed by atoms with Crippen LogP contribution in [0.2, 0.25) is 0 Å². The molecule has 1 aliphatic rings. The molecule has 0 bridgehead atoms. The summed E-state index contributed by atoms with van der Waals surface area (Å²) in [6.45, 7) is 3.27. The average molecular weight is 194 g/mol. The van der Waals surface area contributed by atoms with E-state index in [1.165, 1.54) is 11.1 Å². The first-order chi connectivity index (χ1) is 6.72. The number of rotatable bonds is 1. The van der Waals surface area contributed by atoms with Crippen molar-refractivity contribution in [1.82, 2.24) is 0 Å². The summed E-state index contributed by atoms with van der Waals surface area (Å²) in [6.07, 6.45) is 1.03. The minimum atomic E-state index is 0.250. The van der Waals surface area contributed by atoms with Crippen LogP contribution in [-0.2, 0) is 6.42 Å². The zero-order valence-electron chi connectivity index (χ0n) is 8.58. The molecule has 1 aromatic carbocycles. The Labute approximate surface area is 83.7 Å². The van der Waals surface area contributed by atoms with E-state index in [4.69, 9.17) is 4.74 Å². The number of ether oxygens (including phenoxy) is 1. The van der Waals surface area contributed by atoms with Crippen LogP contribution in [0.4, 0.5) is 0 Å². The van der Waals surface area contributed by atoms with Crippen molar-refractivity contribution < 1.29 is 15.2 Å². The van der Waals surface area contributed by atoms with Gasteiger partial charge in [0.25, 0.3) is 0 Å². The Kier molecular flexibility index (Phi) is 2.33. The summed E-state index contributed by atoms with van der Waals surface area (Å²) >= 11 is 0. The largest absolute Gasteiger partial charge is 0.504 e. The summed E-state index contributed by atoms with van der Waals surface area (Å²) in [5, 5.41) is 11.9. The van der Waals surface area contributed by atoms with Crippen molar-refractivity contribution in [3.8, 4) is 11.5 Å². The Morgan fingerprint density at radius 1 is 1.50 bits per heavy atom. The predicted octanol–water partition coefficient (Wildman–Crippen LogP) is 0.581. The van der Waals surface area contributed by atoms with E-state index in [0.717, 1.165) is 13.0 Å². The Morgan fingerprint density at radius 2 is 2.29 bits per heavy atom. The maximum atomic E-state index is 9.62. The molecule has 3 N–H and O–H groups in total. The molecule has 3 heteroatoms. The van der Waals surface area contributed by atoms with Crippen molar-refractivity contribution >= 4 is 0 Å². The molecule has 1 atom stereocenters. The van der Waals surface area contributed by atoms with E-state index in [1.54, 1.807) is 7.11 Å². The molecule has 0 saturated carbocycles. The second-order valence-corrected chi connectivity index (χ2v) is 3.79. The van der Waals surface area contributed by atoms with E-state index in [0.29, 0.717) is 11.8 Å². The van der Waals surface area contributed by atoms with E-state index in [1.807, 2.05) is 12.1 Å². The molecule has 1 aromatic rings. The monoisotopic (exact) mass is 194 g/mol. The number of benzene rings is 1. The molecular weight excluding hydrogens is 178 g/mol. The molecule has 3 nitrogen and oxygen atoms in total. The number of hydrogen-bond acceptors (Lipinski definition) is 2. The molecule has 1 heterocycles. The van der Waals surface area contributed by atoms with Gasteiger partial charge in [0.05, 0.1) is 13.7 Å². The minimum absolute atomic E-state index is 0.250. The molecule has 76 valence electrons. The fourth-order valence-corrected chi connectivity index (χ4v) is 2.05. The second-order valence-electron chi connectivity index (χ2n) is 3.79. The number of fused-ring (bicyclic) bond motifs is 1. The van der Waals surface area contributed by atoms with Crippen LogP contribution in [0.5, 0.6) is 11.5 Å². The Bertz CT molecular complexity index is 349. The topological polar surface area (TPSA) is 46.1 Å². The Morgan fingerprint density at radius 3 is 3.00 bits per heavy atom. The van der Waals surface area contributed by atoms with Crippen molar-refractivity contribution in [2.75, 3.05) is 13.7 Å². The third kappa shape index (κ3) is 1.44. The third-order valence-corrected chi connectivity index (χ3v) is 2.87. The van der Waals surface area contributed by atoms with Gasteiger partial charge in [0.1, 0.15) is 6.04 Å². The molecule has 1 unspecified atom stereocenters. The van der Waals surface area contributed by atoms with Gasteiger partial charge in [0, 0.05) is 12.0 Å². The lowest BCUT2D eigenvalue weighted by molar-refractivity contribution is -0.695. The van der Waals surface area contributed by atoms with Crippen molar-refractivity contribution in [2.24, 2.45) is 0 Å². The zero-order chi connectivity index (χ0) is 10.1. The molecule has 0 aliphatic carbocycles. The quantitative estimate of drug-likeness (QED) is 0.687. The summed E-state index contributed by atoms with van der Waals surface area (Å²) in [4.78, 5) is 0. The SMILES string of the molecule is COc1cc2c(cc1O)CC[NH2+]C2C. The molecule has 2 rings (SSSR count). The minimum Gasteiger partial charge on any atom is -0.504 e. The lowest BCUT2D eigenvalue weighted by atomic mass is 9.95. The number of aromatic hydroxyl groups is 1. The molecule has 1 aliphatic heterocycles. The second kappa shape index (κ2) is 3.50. The third-order valence-electron chi connectivity index (χ3n) is 2.87. The normalized spacial score (nSPS) is 20.3. The summed E-state index contributed by atoms with van der Waals surface area (Å²) in [6, 6.07) is 4.25. The van der Waals surface area contributed by atoms with Gasteiger partial charge in [-0.1, -0.05) is 0 Å². The van der Waals surface area contributed by atoms with E-state index in [2.05, 4.69) is 12.2 Å². The standard InChI is InChI=1S/C11H15NO2/c1-7-9-6-11(14-2)10(13)5-8(9)3-4-12-7/h5-7,12-13H,3-4H2,1-2H3/p+1. The first-order valence-corrected chi connectivity index (χ1v) is 4.95. The smallest absolute Gasteiger partial charge is 0.161 e. The maximum absolute atomic E-state index is 9.62. The average Bonchev–Trinajstić information content (AvgIpc) is 2.17. The Hall–Kier alpha value is -1.22. The lowest BCUT2D eigenvalue weighted by Crippen LogP contribution is -2.86. The molecule has 0 fully saturated rings. The van der Waals surface area contributed by atoms with Gasteiger partial charge in [-0.25, -0.2) is 0 Å². The highest BCUT2D eigenvalue weighted by atomic mass is 16.5.